The molecule has 1 aromatic heterocycles. The van der Waals surface area contributed by atoms with Gasteiger partial charge in [-0.15, -0.1) is 5.10 Å². The van der Waals surface area contributed by atoms with Gasteiger partial charge in [0.15, 0.2) is 5.69 Å². The lowest BCUT2D eigenvalue weighted by Crippen LogP contribution is -2.61. The van der Waals surface area contributed by atoms with E-state index in [4.69, 9.17) is 4.74 Å². The SMILES string of the molecule is COC1CC(NC(=O)c2cn(C3CNC3)nn2)C1(C)C. The summed E-state index contributed by atoms with van der Waals surface area (Å²) < 4.78 is 7.15. The van der Waals surface area contributed by atoms with Gasteiger partial charge in [0.25, 0.3) is 5.91 Å². The van der Waals surface area contributed by atoms with Gasteiger partial charge in [-0.1, -0.05) is 19.1 Å². The lowest BCUT2D eigenvalue weighted by atomic mass is 9.64. The Morgan fingerprint density at radius 2 is 2.30 bits per heavy atom. The van der Waals surface area contributed by atoms with Crippen LogP contribution < -0.4 is 10.6 Å². The third kappa shape index (κ3) is 2.10. The van der Waals surface area contributed by atoms with E-state index in [9.17, 15) is 4.79 Å². The van der Waals surface area contributed by atoms with Crippen molar-refractivity contribution in [3.8, 4) is 0 Å². The maximum absolute atomic E-state index is 12.2. The number of carbonyl (C=O) groups is 1. The molecule has 2 unspecified atom stereocenters. The van der Waals surface area contributed by atoms with Crippen molar-refractivity contribution in [2.45, 2.75) is 38.5 Å². The van der Waals surface area contributed by atoms with E-state index >= 15 is 0 Å². The van der Waals surface area contributed by atoms with Crippen molar-refractivity contribution in [1.29, 1.82) is 0 Å². The van der Waals surface area contributed by atoms with E-state index in [0.717, 1.165) is 19.5 Å². The van der Waals surface area contributed by atoms with Crippen LogP contribution in [0.2, 0.25) is 0 Å². The van der Waals surface area contributed by atoms with Gasteiger partial charge in [0, 0.05) is 31.7 Å². The number of hydrogen-bond donors (Lipinski definition) is 2. The highest BCUT2D eigenvalue weighted by Gasteiger charge is 2.49. The first-order chi connectivity index (χ1) is 9.52. The Hall–Kier alpha value is -1.47. The Morgan fingerprint density at radius 1 is 1.55 bits per heavy atom. The van der Waals surface area contributed by atoms with Crippen molar-refractivity contribution in [2.75, 3.05) is 20.2 Å². The molecule has 0 radical (unpaired) electrons. The third-order valence-electron chi connectivity index (χ3n) is 4.64. The molecule has 7 nitrogen and oxygen atoms in total. The van der Waals surface area contributed by atoms with Crippen LogP contribution in [-0.4, -0.2) is 53.2 Å². The molecule has 20 heavy (non-hydrogen) atoms. The van der Waals surface area contributed by atoms with Gasteiger partial charge in [-0.05, 0) is 6.42 Å². The molecular formula is C13H21N5O2. The molecule has 1 saturated carbocycles. The van der Waals surface area contributed by atoms with Crippen LogP contribution in [0.25, 0.3) is 0 Å². The molecule has 110 valence electrons. The largest absolute Gasteiger partial charge is 0.381 e. The van der Waals surface area contributed by atoms with Crippen LogP contribution in [0, 0.1) is 5.41 Å². The fourth-order valence-electron chi connectivity index (χ4n) is 2.78. The maximum atomic E-state index is 12.2. The van der Waals surface area contributed by atoms with Crippen LogP contribution in [0.5, 0.6) is 0 Å². The molecule has 0 spiro atoms. The van der Waals surface area contributed by atoms with E-state index in [1.807, 2.05) is 0 Å². The van der Waals surface area contributed by atoms with Gasteiger partial charge in [0.1, 0.15) is 0 Å². The summed E-state index contributed by atoms with van der Waals surface area (Å²) in [5.74, 6) is -0.156. The van der Waals surface area contributed by atoms with Crippen LogP contribution >= 0.6 is 0 Å². The molecule has 2 aliphatic rings. The normalized spacial score (nSPS) is 28.6. The molecule has 2 heterocycles. The Labute approximate surface area is 118 Å². The average Bonchev–Trinajstić information content (AvgIpc) is 2.80. The lowest BCUT2D eigenvalue weighted by molar-refractivity contribution is -0.0942. The quantitative estimate of drug-likeness (QED) is 0.808. The fraction of sp³-hybridized carbons (Fsp3) is 0.769. The van der Waals surface area contributed by atoms with Crippen LogP contribution in [0.3, 0.4) is 0 Å². The van der Waals surface area contributed by atoms with E-state index in [2.05, 4.69) is 34.8 Å². The number of aromatic nitrogens is 3. The van der Waals surface area contributed by atoms with E-state index in [1.54, 1.807) is 18.0 Å². The summed E-state index contributed by atoms with van der Waals surface area (Å²) >= 11 is 0. The summed E-state index contributed by atoms with van der Waals surface area (Å²) in [6, 6.07) is 0.442. The predicted molar refractivity (Wildman–Crippen MR) is 72.4 cm³/mol. The zero-order valence-electron chi connectivity index (χ0n) is 12.1. The summed E-state index contributed by atoms with van der Waals surface area (Å²) in [5.41, 5.74) is 0.340. The standard InChI is InChI=1S/C13H21N5O2/c1-13(2)10(4-11(13)20-3)15-12(19)9-7-18(17-16-9)8-5-14-6-8/h7-8,10-11,14H,4-6H2,1-3H3,(H,15,19). The molecule has 2 fully saturated rings. The zero-order valence-corrected chi connectivity index (χ0v) is 12.1. The summed E-state index contributed by atoms with van der Waals surface area (Å²) in [6.45, 7) is 5.98. The minimum atomic E-state index is -0.156. The summed E-state index contributed by atoms with van der Waals surface area (Å²) in [7, 11) is 1.71. The van der Waals surface area contributed by atoms with Crippen molar-refractivity contribution in [3.63, 3.8) is 0 Å². The molecule has 2 atom stereocenters. The van der Waals surface area contributed by atoms with Crippen LogP contribution in [0.15, 0.2) is 6.20 Å². The van der Waals surface area contributed by atoms with Crippen LogP contribution in [-0.2, 0) is 4.74 Å². The van der Waals surface area contributed by atoms with Crippen molar-refractivity contribution in [1.82, 2.24) is 25.6 Å². The number of carbonyl (C=O) groups excluding carboxylic acids is 1. The van der Waals surface area contributed by atoms with Gasteiger partial charge in [-0.2, -0.15) is 0 Å². The highest BCUT2D eigenvalue weighted by Crippen LogP contribution is 2.42. The topological polar surface area (TPSA) is 81.1 Å². The fourth-order valence-corrected chi connectivity index (χ4v) is 2.78. The molecule has 0 aromatic carbocycles. The van der Waals surface area contributed by atoms with E-state index in [0.29, 0.717) is 11.7 Å². The number of rotatable bonds is 4. The highest BCUT2D eigenvalue weighted by atomic mass is 16.5. The minimum Gasteiger partial charge on any atom is -0.381 e. The smallest absolute Gasteiger partial charge is 0.273 e. The van der Waals surface area contributed by atoms with Gasteiger partial charge in [-0.25, -0.2) is 4.68 Å². The maximum Gasteiger partial charge on any atom is 0.273 e. The number of hydrogen-bond acceptors (Lipinski definition) is 5. The first kappa shape index (κ1) is 13.5. The molecule has 1 aliphatic heterocycles. The van der Waals surface area contributed by atoms with E-state index < -0.39 is 0 Å². The Bertz CT molecular complexity index is 509. The summed E-state index contributed by atoms with van der Waals surface area (Å²) in [5, 5.41) is 14.2. The van der Waals surface area contributed by atoms with Gasteiger partial charge >= 0.3 is 0 Å². The third-order valence-corrected chi connectivity index (χ3v) is 4.64. The number of methoxy groups -OCH3 is 1. The van der Waals surface area contributed by atoms with Crippen molar-refractivity contribution >= 4 is 5.91 Å². The summed E-state index contributed by atoms with van der Waals surface area (Å²) in [4.78, 5) is 12.2. The van der Waals surface area contributed by atoms with Crippen LogP contribution in [0.1, 0.15) is 36.8 Å². The molecule has 7 heteroatoms. The highest BCUT2D eigenvalue weighted by molar-refractivity contribution is 5.92. The summed E-state index contributed by atoms with van der Waals surface area (Å²) in [6.07, 6.45) is 2.76. The molecule has 2 N–H and O–H groups in total. The van der Waals surface area contributed by atoms with Gasteiger partial charge in [0.05, 0.1) is 18.3 Å². The number of amides is 1. The first-order valence-corrected chi connectivity index (χ1v) is 6.98. The van der Waals surface area contributed by atoms with Crippen molar-refractivity contribution < 1.29 is 9.53 Å². The van der Waals surface area contributed by atoms with Gasteiger partial charge in [0.2, 0.25) is 0 Å². The molecule has 1 saturated heterocycles. The van der Waals surface area contributed by atoms with Gasteiger partial charge in [-0.3, -0.25) is 4.79 Å². The second-order valence-electron chi connectivity index (χ2n) is 6.20. The predicted octanol–water partition coefficient (Wildman–Crippen LogP) is -0.0343. The van der Waals surface area contributed by atoms with E-state index in [-0.39, 0.29) is 23.5 Å². The molecule has 1 aromatic rings. The molecule has 1 aliphatic carbocycles. The minimum absolute atomic E-state index is 0.0434. The number of ether oxygens (including phenoxy) is 1. The zero-order chi connectivity index (χ0) is 14.3. The molecule has 3 rings (SSSR count). The molecule has 0 bridgehead atoms. The number of nitrogens with one attached hydrogen (secondary N) is 2. The Morgan fingerprint density at radius 3 is 2.85 bits per heavy atom. The second kappa shape index (κ2) is 4.82. The second-order valence-corrected chi connectivity index (χ2v) is 6.20. The van der Waals surface area contributed by atoms with E-state index in [1.165, 1.54) is 0 Å². The lowest BCUT2D eigenvalue weighted by Gasteiger charge is -2.51. The monoisotopic (exact) mass is 279 g/mol. The first-order valence-electron chi connectivity index (χ1n) is 6.98. The van der Waals surface area contributed by atoms with Crippen molar-refractivity contribution in [3.05, 3.63) is 11.9 Å². The van der Waals surface area contributed by atoms with Crippen molar-refractivity contribution in [2.24, 2.45) is 5.41 Å². The van der Waals surface area contributed by atoms with Crippen LogP contribution in [0.4, 0.5) is 0 Å². The number of nitrogens with zero attached hydrogens (tertiary/aromatic N) is 3. The van der Waals surface area contributed by atoms with Gasteiger partial charge < -0.3 is 15.4 Å². The molecule has 1 amide bonds. The Kier molecular flexibility index (Phi) is 3.25. The average molecular weight is 279 g/mol. The Balaban J connectivity index is 1.61. The molecular weight excluding hydrogens is 258 g/mol.